The summed E-state index contributed by atoms with van der Waals surface area (Å²) >= 11 is 1.81. The van der Waals surface area contributed by atoms with Crippen LogP contribution in [-0.2, 0) is 5.41 Å². The third kappa shape index (κ3) is 2.47. The number of hydrogen-bond donors (Lipinski definition) is 0. The molecule has 0 saturated carbocycles. The highest BCUT2D eigenvalue weighted by molar-refractivity contribution is 7.15. The van der Waals surface area contributed by atoms with Gasteiger partial charge in [-0.25, -0.2) is 4.98 Å². The zero-order valence-electron chi connectivity index (χ0n) is 9.79. The lowest BCUT2D eigenvalue weighted by atomic mass is 9.96. The zero-order chi connectivity index (χ0) is 10.8. The molecule has 0 N–H and O–H groups in total. The van der Waals surface area contributed by atoms with Gasteiger partial charge in [-0.05, 0) is 19.3 Å². The summed E-state index contributed by atoms with van der Waals surface area (Å²) in [6.45, 7) is 13.1. The summed E-state index contributed by atoms with van der Waals surface area (Å²) in [4.78, 5) is 8.12. The Kier molecular flexibility index (Phi) is 3.53. The van der Waals surface area contributed by atoms with Crippen molar-refractivity contribution in [1.29, 1.82) is 0 Å². The Morgan fingerprint density at radius 2 is 1.86 bits per heavy atom. The molecule has 1 aromatic heterocycles. The van der Waals surface area contributed by atoms with Gasteiger partial charge in [-0.15, -0.1) is 11.3 Å². The molecule has 0 aliphatic rings. The van der Waals surface area contributed by atoms with Crippen molar-refractivity contribution in [2.24, 2.45) is 0 Å². The van der Waals surface area contributed by atoms with E-state index in [0.29, 0.717) is 0 Å². The second-order valence-electron chi connectivity index (χ2n) is 4.43. The van der Waals surface area contributed by atoms with Gasteiger partial charge in [-0.3, -0.25) is 0 Å². The first kappa shape index (κ1) is 11.5. The van der Waals surface area contributed by atoms with Gasteiger partial charge in [0, 0.05) is 24.2 Å². The van der Waals surface area contributed by atoms with E-state index >= 15 is 0 Å². The number of nitrogens with zero attached hydrogens (tertiary/aromatic N) is 2. The van der Waals surface area contributed by atoms with Gasteiger partial charge < -0.3 is 4.90 Å². The molecule has 0 aliphatic carbocycles. The van der Waals surface area contributed by atoms with Crippen LogP contribution in [0.4, 0.5) is 5.13 Å². The lowest BCUT2D eigenvalue weighted by Crippen LogP contribution is -2.21. The fraction of sp³-hybridized carbons (Fsp3) is 0.727. The lowest BCUT2D eigenvalue weighted by molar-refractivity contribution is 0.602. The molecule has 1 heterocycles. The maximum Gasteiger partial charge on any atom is 0.185 e. The molecule has 80 valence electrons. The van der Waals surface area contributed by atoms with Crippen LogP contribution in [0.1, 0.15) is 39.5 Å². The molecule has 0 saturated heterocycles. The van der Waals surface area contributed by atoms with Crippen molar-refractivity contribution in [2.45, 2.75) is 40.0 Å². The first-order valence-electron chi connectivity index (χ1n) is 5.20. The van der Waals surface area contributed by atoms with Gasteiger partial charge in [0.25, 0.3) is 0 Å². The summed E-state index contributed by atoms with van der Waals surface area (Å²) in [6.07, 6.45) is 2.01. The molecule has 0 aromatic carbocycles. The molecular formula is C11H20N2S. The lowest BCUT2D eigenvalue weighted by Gasteiger charge is -2.18. The van der Waals surface area contributed by atoms with Crippen molar-refractivity contribution in [3.63, 3.8) is 0 Å². The third-order valence-electron chi connectivity index (χ3n) is 2.27. The van der Waals surface area contributed by atoms with E-state index in [2.05, 4.69) is 44.5 Å². The van der Waals surface area contributed by atoms with Crippen LogP contribution in [0.5, 0.6) is 0 Å². The zero-order valence-corrected chi connectivity index (χ0v) is 10.6. The van der Waals surface area contributed by atoms with Gasteiger partial charge in [-0.2, -0.15) is 0 Å². The predicted molar refractivity (Wildman–Crippen MR) is 64.4 cm³/mol. The Balaban J connectivity index is 2.87. The summed E-state index contributed by atoms with van der Waals surface area (Å²) in [5.41, 5.74) is 0.225. The third-order valence-corrected chi connectivity index (χ3v) is 3.75. The maximum atomic E-state index is 4.47. The molecule has 0 unspecified atom stereocenters. The van der Waals surface area contributed by atoms with E-state index in [1.807, 2.05) is 17.5 Å². The number of aromatic nitrogens is 1. The molecule has 0 atom stereocenters. The van der Waals surface area contributed by atoms with Gasteiger partial charge in [0.15, 0.2) is 5.13 Å². The topological polar surface area (TPSA) is 16.1 Å². The fourth-order valence-electron chi connectivity index (χ4n) is 1.25. The standard InChI is InChI=1S/C11H20N2S/c1-6-13(7-2)10-12-8-9(14-10)11(3,4)5/h8H,6-7H2,1-5H3. The molecule has 0 bridgehead atoms. The van der Waals surface area contributed by atoms with E-state index in [4.69, 9.17) is 0 Å². The molecule has 1 aromatic rings. The van der Waals surface area contributed by atoms with Crippen molar-refractivity contribution in [1.82, 2.24) is 4.98 Å². The highest BCUT2D eigenvalue weighted by Crippen LogP contribution is 2.31. The van der Waals surface area contributed by atoms with Gasteiger partial charge in [0.05, 0.1) is 0 Å². The van der Waals surface area contributed by atoms with E-state index in [9.17, 15) is 0 Å². The minimum Gasteiger partial charge on any atom is -0.349 e. The first-order valence-corrected chi connectivity index (χ1v) is 6.02. The molecule has 0 aliphatic heterocycles. The highest BCUT2D eigenvalue weighted by atomic mass is 32.1. The van der Waals surface area contributed by atoms with Gasteiger partial charge in [-0.1, -0.05) is 20.8 Å². The van der Waals surface area contributed by atoms with Crippen molar-refractivity contribution in [3.8, 4) is 0 Å². The summed E-state index contributed by atoms with van der Waals surface area (Å²) in [5.74, 6) is 0. The number of rotatable bonds is 3. The second-order valence-corrected chi connectivity index (χ2v) is 5.44. The number of hydrogen-bond acceptors (Lipinski definition) is 3. The van der Waals surface area contributed by atoms with E-state index in [0.717, 1.165) is 18.2 Å². The molecule has 0 amide bonds. The van der Waals surface area contributed by atoms with Crippen molar-refractivity contribution in [3.05, 3.63) is 11.1 Å². The van der Waals surface area contributed by atoms with Crippen LogP contribution in [0, 0.1) is 0 Å². The Bertz CT molecular complexity index is 282. The normalized spacial score (nSPS) is 11.8. The average Bonchev–Trinajstić information content (AvgIpc) is 2.54. The van der Waals surface area contributed by atoms with E-state index in [1.54, 1.807) is 0 Å². The van der Waals surface area contributed by atoms with Crippen LogP contribution >= 0.6 is 11.3 Å². The van der Waals surface area contributed by atoms with Crippen molar-refractivity contribution < 1.29 is 0 Å². The SMILES string of the molecule is CCN(CC)c1ncc(C(C)(C)C)s1. The van der Waals surface area contributed by atoms with Gasteiger partial charge >= 0.3 is 0 Å². The largest absolute Gasteiger partial charge is 0.349 e. The quantitative estimate of drug-likeness (QED) is 0.764. The Morgan fingerprint density at radius 1 is 1.29 bits per heavy atom. The monoisotopic (exact) mass is 212 g/mol. The summed E-state index contributed by atoms with van der Waals surface area (Å²) in [6, 6.07) is 0. The molecule has 14 heavy (non-hydrogen) atoms. The Hall–Kier alpha value is -0.570. The smallest absolute Gasteiger partial charge is 0.185 e. The van der Waals surface area contributed by atoms with Gasteiger partial charge in [0.1, 0.15) is 0 Å². The first-order chi connectivity index (χ1) is 6.49. The second kappa shape index (κ2) is 4.30. The molecule has 1 rings (SSSR count). The maximum absolute atomic E-state index is 4.47. The minimum absolute atomic E-state index is 0.225. The van der Waals surface area contributed by atoms with Crippen LogP contribution < -0.4 is 4.90 Å². The van der Waals surface area contributed by atoms with E-state index < -0.39 is 0 Å². The van der Waals surface area contributed by atoms with Crippen molar-refractivity contribution in [2.75, 3.05) is 18.0 Å². The molecule has 0 radical (unpaired) electrons. The summed E-state index contributed by atoms with van der Waals surface area (Å²) in [5, 5.41) is 1.15. The predicted octanol–water partition coefficient (Wildman–Crippen LogP) is 3.29. The Morgan fingerprint density at radius 3 is 2.21 bits per heavy atom. The fourth-order valence-corrected chi connectivity index (χ4v) is 2.35. The average molecular weight is 212 g/mol. The number of thiazole rings is 1. The van der Waals surface area contributed by atoms with E-state index in [1.165, 1.54) is 4.88 Å². The molecule has 3 heteroatoms. The molecule has 0 spiro atoms. The van der Waals surface area contributed by atoms with Crippen LogP contribution in [-0.4, -0.2) is 18.1 Å². The van der Waals surface area contributed by atoms with Crippen LogP contribution in [0.15, 0.2) is 6.20 Å². The van der Waals surface area contributed by atoms with Crippen molar-refractivity contribution >= 4 is 16.5 Å². The van der Waals surface area contributed by atoms with Crippen LogP contribution in [0.25, 0.3) is 0 Å². The number of anilines is 1. The molecule has 0 fully saturated rings. The van der Waals surface area contributed by atoms with Crippen LogP contribution in [0.2, 0.25) is 0 Å². The highest BCUT2D eigenvalue weighted by Gasteiger charge is 2.18. The molecular weight excluding hydrogens is 192 g/mol. The van der Waals surface area contributed by atoms with E-state index in [-0.39, 0.29) is 5.41 Å². The minimum atomic E-state index is 0.225. The summed E-state index contributed by atoms with van der Waals surface area (Å²) < 4.78 is 0. The molecule has 2 nitrogen and oxygen atoms in total. The summed E-state index contributed by atoms with van der Waals surface area (Å²) in [7, 11) is 0. The van der Waals surface area contributed by atoms with Gasteiger partial charge in [0.2, 0.25) is 0 Å². The Labute approximate surface area is 91.0 Å². The van der Waals surface area contributed by atoms with Crippen LogP contribution in [0.3, 0.4) is 0 Å².